The van der Waals surface area contributed by atoms with Crippen molar-refractivity contribution in [2.24, 2.45) is 0 Å². The molecule has 0 saturated heterocycles. The van der Waals surface area contributed by atoms with E-state index < -0.39 is 0 Å². The van der Waals surface area contributed by atoms with E-state index in [9.17, 15) is 0 Å². The first kappa shape index (κ1) is 12.7. The van der Waals surface area contributed by atoms with Gasteiger partial charge in [0.15, 0.2) is 0 Å². The van der Waals surface area contributed by atoms with Crippen molar-refractivity contribution in [3.63, 3.8) is 0 Å². The summed E-state index contributed by atoms with van der Waals surface area (Å²) in [6.45, 7) is 2.19. The maximum absolute atomic E-state index is 4.76. The summed E-state index contributed by atoms with van der Waals surface area (Å²) >= 11 is 0. The summed E-state index contributed by atoms with van der Waals surface area (Å²) < 4.78 is 1.98. The summed E-state index contributed by atoms with van der Waals surface area (Å²) in [6.07, 6.45) is 4.24. The molecule has 100 valence electrons. The highest BCUT2D eigenvalue weighted by molar-refractivity contribution is 5.65. The molecule has 0 aliphatic carbocycles. The molecule has 0 atom stereocenters. The Kier molecular flexibility index (Phi) is 3.64. The number of hydrogen-bond acceptors (Lipinski definition) is 1. The van der Waals surface area contributed by atoms with Gasteiger partial charge in [-0.15, -0.1) is 0 Å². The van der Waals surface area contributed by atoms with E-state index in [0.29, 0.717) is 0 Å². The maximum Gasteiger partial charge on any atom is 0.0707 e. The largest absolute Gasteiger partial charge is 0.240 e. The van der Waals surface area contributed by atoms with E-state index in [2.05, 4.69) is 49.5 Å². The summed E-state index contributed by atoms with van der Waals surface area (Å²) in [7, 11) is 0. The third-order valence-corrected chi connectivity index (χ3v) is 3.38. The van der Waals surface area contributed by atoms with E-state index in [-0.39, 0.29) is 0 Å². The second-order valence-electron chi connectivity index (χ2n) is 4.89. The molecule has 2 aromatic carbocycles. The van der Waals surface area contributed by atoms with Crippen LogP contribution < -0.4 is 0 Å². The number of rotatable bonds is 4. The van der Waals surface area contributed by atoms with Crippen LogP contribution in [0.15, 0.2) is 66.9 Å². The van der Waals surface area contributed by atoms with Gasteiger partial charge in [0.1, 0.15) is 0 Å². The van der Waals surface area contributed by atoms with Crippen molar-refractivity contribution in [2.75, 3.05) is 0 Å². The molecule has 0 saturated carbocycles. The lowest BCUT2D eigenvalue weighted by Gasteiger charge is -1.99. The Bertz CT molecular complexity index is 669. The maximum atomic E-state index is 4.76. The zero-order chi connectivity index (χ0) is 13.8. The Balaban J connectivity index is 2.08. The fraction of sp³-hybridized carbons (Fsp3) is 0.167. The molecular weight excluding hydrogens is 244 g/mol. The van der Waals surface area contributed by atoms with Gasteiger partial charge >= 0.3 is 0 Å². The fourth-order valence-electron chi connectivity index (χ4n) is 2.40. The van der Waals surface area contributed by atoms with Crippen LogP contribution in [0.2, 0.25) is 0 Å². The van der Waals surface area contributed by atoms with E-state index in [1.165, 1.54) is 16.8 Å². The number of benzene rings is 2. The molecule has 1 aromatic heterocycles. The standard InChI is InChI=1S/C18H18N2/c1-2-9-18-17(15-10-5-3-6-11-15)14-20(19-18)16-12-7-4-8-13-16/h3-8,10-14H,2,9H2,1H3. The third kappa shape index (κ3) is 2.50. The van der Waals surface area contributed by atoms with Crippen molar-refractivity contribution in [1.29, 1.82) is 0 Å². The van der Waals surface area contributed by atoms with Crippen molar-refractivity contribution in [3.8, 4) is 16.8 Å². The molecule has 0 amide bonds. The molecule has 2 nitrogen and oxygen atoms in total. The van der Waals surface area contributed by atoms with E-state index >= 15 is 0 Å². The minimum Gasteiger partial charge on any atom is -0.240 e. The Morgan fingerprint density at radius 2 is 1.55 bits per heavy atom. The molecule has 0 unspecified atom stereocenters. The van der Waals surface area contributed by atoms with Crippen LogP contribution in [0.1, 0.15) is 19.0 Å². The average molecular weight is 262 g/mol. The molecule has 2 heteroatoms. The first-order valence-corrected chi connectivity index (χ1v) is 7.08. The molecule has 3 rings (SSSR count). The lowest BCUT2D eigenvalue weighted by atomic mass is 10.0. The predicted octanol–water partition coefficient (Wildman–Crippen LogP) is 4.49. The van der Waals surface area contributed by atoms with Gasteiger partial charge in [0.05, 0.1) is 11.4 Å². The summed E-state index contributed by atoms with van der Waals surface area (Å²) in [6, 6.07) is 20.8. The quantitative estimate of drug-likeness (QED) is 0.677. The first-order chi connectivity index (χ1) is 9.88. The molecule has 3 aromatic rings. The smallest absolute Gasteiger partial charge is 0.0707 e. The second-order valence-corrected chi connectivity index (χ2v) is 4.89. The van der Waals surface area contributed by atoms with Crippen molar-refractivity contribution in [3.05, 3.63) is 72.6 Å². The molecule has 0 fully saturated rings. The molecular formula is C18H18N2. The van der Waals surface area contributed by atoms with Crippen molar-refractivity contribution >= 4 is 0 Å². The SMILES string of the molecule is CCCc1nn(-c2ccccc2)cc1-c1ccccc1. The fourth-order valence-corrected chi connectivity index (χ4v) is 2.40. The van der Waals surface area contributed by atoms with Gasteiger partial charge in [0.2, 0.25) is 0 Å². The number of aryl methyl sites for hydroxylation is 1. The first-order valence-electron chi connectivity index (χ1n) is 7.08. The van der Waals surface area contributed by atoms with Crippen LogP contribution in [0, 0.1) is 0 Å². The molecule has 0 bridgehead atoms. The van der Waals surface area contributed by atoms with E-state index in [4.69, 9.17) is 5.10 Å². The summed E-state index contributed by atoms with van der Waals surface area (Å²) in [5.41, 5.74) is 4.74. The Morgan fingerprint density at radius 3 is 2.20 bits per heavy atom. The molecule has 0 N–H and O–H groups in total. The monoisotopic (exact) mass is 262 g/mol. The van der Waals surface area contributed by atoms with E-state index in [1.807, 2.05) is 28.9 Å². The number of nitrogens with zero attached hydrogens (tertiary/aromatic N) is 2. The van der Waals surface area contributed by atoms with E-state index in [1.54, 1.807) is 0 Å². The minimum absolute atomic E-state index is 1.00. The van der Waals surface area contributed by atoms with E-state index in [0.717, 1.165) is 18.5 Å². The number of aromatic nitrogens is 2. The van der Waals surface area contributed by atoms with Gasteiger partial charge in [-0.2, -0.15) is 5.10 Å². The van der Waals surface area contributed by atoms with Gasteiger partial charge in [-0.05, 0) is 24.1 Å². The molecule has 0 aliphatic heterocycles. The van der Waals surface area contributed by atoms with Gasteiger partial charge in [0, 0.05) is 11.8 Å². The molecule has 0 radical (unpaired) electrons. The van der Waals surface area contributed by atoms with Gasteiger partial charge < -0.3 is 0 Å². The highest BCUT2D eigenvalue weighted by atomic mass is 15.3. The van der Waals surface area contributed by atoms with Crippen LogP contribution >= 0.6 is 0 Å². The zero-order valence-corrected chi connectivity index (χ0v) is 11.7. The van der Waals surface area contributed by atoms with Crippen molar-refractivity contribution in [2.45, 2.75) is 19.8 Å². The lowest BCUT2D eigenvalue weighted by Crippen LogP contribution is -1.95. The topological polar surface area (TPSA) is 17.8 Å². The normalized spacial score (nSPS) is 10.7. The van der Waals surface area contributed by atoms with Crippen molar-refractivity contribution < 1.29 is 0 Å². The highest BCUT2D eigenvalue weighted by Gasteiger charge is 2.10. The predicted molar refractivity (Wildman–Crippen MR) is 83.0 cm³/mol. The summed E-state index contributed by atoms with van der Waals surface area (Å²) in [5.74, 6) is 0. The second kappa shape index (κ2) is 5.74. The molecule has 0 spiro atoms. The number of para-hydroxylation sites is 1. The lowest BCUT2D eigenvalue weighted by molar-refractivity contribution is 0.807. The van der Waals surface area contributed by atoms with Crippen LogP contribution in [-0.2, 0) is 6.42 Å². The minimum atomic E-state index is 1.00. The van der Waals surface area contributed by atoms with Crippen LogP contribution in [0.5, 0.6) is 0 Å². The average Bonchev–Trinajstić information content (AvgIpc) is 2.94. The van der Waals surface area contributed by atoms with Crippen LogP contribution in [0.4, 0.5) is 0 Å². The molecule has 0 aliphatic rings. The van der Waals surface area contributed by atoms with Gasteiger partial charge in [-0.3, -0.25) is 0 Å². The summed E-state index contributed by atoms with van der Waals surface area (Å²) in [5, 5.41) is 4.76. The van der Waals surface area contributed by atoms with Crippen molar-refractivity contribution in [1.82, 2.24) is 9.78 Å². The number of hydrogen-bond donors (Lipinski definition) is 0. The molecule has 1 heterocycles. The Morgan fingerprint density at radius 1 is 0.900 bits per heavy atom. The zero-order valence-electron chi connectivity index (χ0n) is 11.7. The van der Waals surface area contributed by atoms with Gasteiger partial charge in [0.25, 0.3) is 0 Å². The Labute approximate surface area is 119 Å². The molecule has 20 heavy (non-hydrogen) atoms. The van der Waals surface area contributed by atoms with Crippen LogP contribution in [0.3, 0.4) is 0 Å². The van der Waals surface area contributed by atoms with Crippen LogP contribution in [0.25, 0.3) is 16.8 Å². The van der Waals surface area contributed by atoms with Gasteiger partial charge in [-0.1, -0.05) is 61.9 Å². The summed E-state index contributed by atoms with van der Waals surface area (Å²) in [4.78, 5) is 0. The highest BCUT2D eigenvalue weighted by Crippen LogP contribution is 2.25. The van der Waals surface area contributed by atoms with Gasteiger partial charge in [-0.25, -0.2) is 4.68 Å². The van der Waals surface area contributed by atoms with Crippen LogP contribution in [-0.4, -0.2) is 9.78 Å². The third-order valence-electron chi connectivity index (χ3n) is 3.38. The Hall–Kier alpha value is -2.35.